The molecule has 2 atom stereocenters. The fraction of sp³-hybridized carbons (Fsp3) is 0.643. The third-order valence-electron chi connectivity index (χ3n) is 3.75. The van der Waals surface area contributed by atoms with Gasteiger partial charge in [-0.05, 0) is 31.7 Å². The Kier molecular flexibility index (Phi) is 3.80. The maximum Gasteiger partial charge on any atom is 0.166 e. The van der Waals surface area contributed by atoms with Crippen molar-refractivity contribution in [2.24, 2.45) is 11.8 Å². The molecule has 1 aliphatic carbocycles. The molecule has 16 heavy (non-hydrogen) atoms. The summed E-state index contributed by atoms with van der Waals surface area (Å²) in [6, 6.07) is 2.04. The zero-order chi connectivity index (χ0) is 11.5. The van der Waals surface area contributed by atoms with E-state index in [0.717, 1.165) is 24.3 Å². The normalized spacial score (nSPS) is 25.6. The van der Waals surface area contributed by atoms with Crippen molar-refractivity contribution >= 4 is 17.1 Å². The van der Waals surface area contributed by atoms with E-state index in [1.165, 1.54) is 24.1 Å². The van der Waals surface area contributed by atoms with Crippen LogP contribution in [0.3, 0.4) is 0 Å². The summed E-state index contributed by atoms with van der Waals surface area (Å²) in [4.78, 5) is 13.5. The first-order chi connectivity index (χ1) is 7.70. The number of rotatable bonds is 3. The van der Waals surface area contributed by atoms with Crippen LogP contribution < -0.4 is 0 Å². The number of hydrogen-bond acceptors (Lipinski definition) is 2. The van der Waals surface area contributed by atoms with Crippen molar-refractivity contribution < 1.29 is 4.79 Å². The average Bonchev–Trinajstić information content (AvgIpc) is 2.75. The zero-order valence-corrected chi connectivity index (χ0v) is 11.0. The number of aryl methyl sites for hydroxylation is 1. The molecule has 0 radical (unpaired) electrons. The highest BCUT2D eigenvalue weighted by Crippen LogP contribution is 2.33. The second-order valence-electron chi connectivity index (χ2n) is 4.95. The van der Waals surface area contributed by atoms with Crippen molar-refractivity contribution in [1.82, 2.24) is 0 Å². The predicted molar refractivity (Wildman–Crippen MR) is 69.1 cm³/mol. The Morgan fingerprint density at radius 1 is 1.50 bits per heavy atom. The maximum absolute atomic E-state index is 12.3. The first-order valence-electron chi connectivity index (χ1n) is 6.30. The van der Waals surface area contributed by atoms with Gasteiger partial charge < -0.3 is 0 Å². The lowest BCUT2D eigenvalue weighted by molar-refractivity contribution is 0.0862. The summed E-state index contributed by atoms with van der Waals surface area (Å²) in [6.45, 7) is 4.31. The molecule has 1 aromatic rings. The minimum atomic E-state index is 0.299. The number of thiophene rings is 1. The molecular weight excluding hydrogens is 216 g/mol. The molecule has 2 heteroatoms. The van der Waals surface area contributed by atoms with Crippen molar-refractivity contribution in [1.29, 1.82) is 0 Å². The smallest absolute Gasteiger partial charge is 0.166 e. The number of carbonyl (C=O) groups excluding carboxylic acids is 1. The Morgan fingerprint density at radius 2 is 2.31 bits per heavy atom. The van der Waals surface area contributed by atoms with E-state index in [1.54, 1.807) is 11.3 Å². The summed E-state index contributed by atoms with van der Waals surface area (Å²) >= 11 is 1.68. The summed E-state index contributed by atoms with van der Waals surface area (Å²) in [5.41, 5.74) is 0.948. The molecule has 2 rings (SSSR count). The van der Waals surface area contributed by atoms with Gasteiger partial charge in [-0.3, -0.25) is 4.79 Å². The Hall–Kier alpha value is -0.630. The number of hydrogen-bond donors (Lipinski definition) is 0. The molecule has 0 amide bonds. The van der Waals surface area contributed by atoms with Crippen molar-refractivity contribution in [3.63, 3.8) is 0 Å². The second-order valence-corrected chi connectivity index (χ2v) is 6.06. The van der Waals surface area contributed by atoms with Gasteiger partial charge in [-0.2, -0.15) is 0 Å². The maximum atomic E-state index is 12.3. The van der Waals surface area contributed by atoms with Gasteiger partial charge in [0.25, 0.3) is 0 Å². The van der Waals surface area contributed by atoms with Crippen molar-refractivity contribution in [3.05, 3.63) is 21.9 Å². The fourth-order valence-corrected chi connectivity index (χ4v) is 3.40. The van der Waals surface area contributed by atoms with Crippen LogP contribution >= 0.6 is 11.3 Å². The van der Waals surface area contributed by atoms with Crippen molar-refractivity contribution in [2.45, 2.75) is 46.0 Å². The minimum Gasteiger partial charge on any atom is -0.294 e. The van der Waals surface area contributed by atoms with E-state index in [2.05, 4.69) is 13.8 Å². The van der Waals surface area contributed by atoms with Crippen LogP contribution in [0.4, 0.5) is 0 Å². The first kappa shape index (κ1) is 11.8. The van der Waals surface area contributed by atoms with Crippen LogP contribution in [0.2, 0.25) is 0 Å². The molecule has 1 fully saturated rings. The molecule has 1 saturated carbocycles. The lowest BCUT2D eigenvalue weighted by Crippen LogP contribution is -2.22. The van der Waals surface area contributed by atoms with Crippen LogP contribution in [0.25, 0.3) is 0 Å². The van der Waals surface area contributed by atoms with E-state index >= 15 is 0 Å². The molecule has 0 aromatic carbocycles. The standard InChI is InChI=1S/C14H20OS/c1-3-11-5-4-6-12(8-11)14(15)13-7-10(2)16-9-13/h7,9,11-12H,3-6,8H2,1-2H3. The second kappa shape index (κ2) is 5.13. The largest absolute Gasteiger partial charge is 0.294 e. The van der Waals surface area contributed by atoms with Crippen LogP contribution in [0.1, 0.15) is 54.3 Å². The lowest BCUT2D eigenvalue weighted by Gasteiger charge is -2.27. The molecule has 1 aromatic heterocycles. The molecule has 2 unspecified atom stereocenters. The third kappa shape index (κ3) is 2.54. The van der Waals surface area contributed by atoms with Gasteiger partial charge >= 0.3 is 0 Å². The van der Waals surface area contributed by atoms with Crippen LogP contribution in [0, 0.1) is 18.8 Å². The van der Waals surface area contributed by atoms with Gasteiger partial charge in [-0.25, -0.2) is 0 Å². The Bertz CT molecular complexity index is 367. The molecule has 88 valence electrons. The summed E-state index contributed by atoms with van der Waals surface area (Å²) in [6.07, 6.45) is 6.00. The van der Waals surface area contributed by atoms with Gasteiger partial charge in [0, 0.05) is 21.7 Å². The summed E-state index contributed by atoms with van der Waals surface area (Å²) in [5, 5.41) is 2.02. The van der Waals surface area contributed by atoms with Gasteiger partial charge in [-0.15, -0.1) is 11.3 Å². The Balaban J connectivity index is 2.04. The monoisotopic (exact) mass is 236 g/mol. The third-order valence-corrected chi connectivity index (χ3v) is 4.61. The highest BCUT2D eigenvalue weighted by Gasteiger charge is 2.27. The van der Waals surface area contributed by atoms with Gasteiger partial charge in [0.05, 0.1) is 0 Å². The van der Waals surface area contributed by atoms with E-state index in [-0.39, 0.29) is 0 Å². The van der Waals surface area contributed by atoms with E-state index in [0.29, 0.717) is 11.7 Å². The predicted octanol–water partition coefficient (Wildman–Crippen LogP) is 4.46. The van der Waals surface area contributed by atoms with E-state index in [1.807, 2.05) is 11.4 Å². The van der Waals surface area contributed by atoms with Crippen LogP contribution in [0.15, 0.2) is 11.4 Å². The molecule has 0 N–H and O–H groups in total. The van der Waals surface area contributed by atoms with Gasteiger partial charge in [0.1, 0.15) is 0 Å². The molecule has 1 aliphatic rings. The van der Waals surface area contributed by atoms with Crippen LogP contribution in [-0.4, -0.2) is 5.78 Å². The average molecular weight is 236 g/mol. The highest BCUT2D eigenvalue weighted by molar-refractivity contribution is 7.10. The topological polar surface area (TPSA) is 17.1 Å². The molecule has 0 bridgehead atoms. The molecule has 0 aliphatic heterocycles. The summed E-state index contributed by atoms with van der Waals surface area (Å²) < 4.78 is 0. The number of carbonyl (C=O) groups is 1. The Labute approximate surface area is 102 Å². The minimum absolute atomic E-state index is 0.299. The Morgan fingerprint density at radius 3 is 2.94 bits per heavy atom. The summed E-state index contributed by atoms with van der Waals surface area (Å²) in [7, 11) is 0. The van der Waals surface area contributed by atoms with Gasteiger partial charge in [-0.1, -0.05) is 26.2 Å². The van der Waals surface area contributed by atoms with Crippen molar-refractivity contribution in [3.8, 4) is 0 Å². The lowest BCUT2D eigenvalue weighted by atomic mass is 9.77. The van der Waals surface area contributed by atoms with E-state index in [9.17, 15) is 4.79 Å². The van der Waals surface area contributed by atoms with Gasteiger partial charge in [0.2, 0.25) is 0 Å². The van der Waals surface area contributed by atoms with Crippen LogP contribution in [0.5, 0.6) is 0 Å². The first-order valence-corrected chi connectivity index (χ1v) is 7.18. The molecular formula is C14H20OS. The molecule has 0 spiro atoms. The number of Topliss-reactive ketones (excluding diaryl/α,β-unsaturated/α-hetero) is 1. The van der Waals surface area contributed by atoms with E-state index < -0.39 is 0 Å². The quantitative estimate of drug-likeness (QED) is 0.708. The van der Waals surface area contributed by atoms with Gasteiger partial charge in [0.15, 0.2) is 5.78 Å². The molecule has 1 heterocycles. The van der Waals surface area contributed by atoms with Crippen molar-refractivity contribution in [2.75, 3.05) is 0 Å². The van der Waals surface area contributed by atoms with Crippen LogP contribution in [-0.2, 0) is 0 Å². The number of ketones is 1. The zero-order valence-electron chi connectivity index (χ0n) is 10.2. The van der Waals surface area contributed by atoms with E-state index in [4.69, 9.17) is 0 Å². The summed E-state index contributed by atoms with van der Waals surface area (Å²) in [5.74, 6) is 1.47. The fourth-order valence-electron chi connectivity index (χ4n) is 2.71. The SMILES string of the molecule is CCC1CCCC(C(=O)c2csc(C)c2)C1. The molecule has 1 nitrogen and oxygen atoms in total. The molecule has 0 saturated heterocycles. The highest BCUT2D eigenvalue weighted by atomic mass is 32.1.